The first-order valence-electron chi connectivity index (χ1n) is 5.65. The first kappa shape index (κ1) is 10.7. The van der Waals surface area contributed by atoms with Crippen LogP contribution in [0.2, 0.25) is 0 Å². The molecular formula is C14H13N3O. The highest BCUT2D eigenvalue weighted by molar-refractivity contribution is 5.92. The van der Waals surface area contributed by atoms with Crippen LogP contribution in [0.4, 0.5) is 5.69 Å². The zero-order chi connectivity index (χ0) is 12.5. The number of fused-ring (bicyclic) bond motifs is 1. The molecule has 4 nitrogen and oxygen atoms in total. The normalized spacial score (nSPS) is 10.7. The van der Waals surface area contributed by atoms with E-state index in [1.807, 2.05) is 30.3 Å². The number of pyridine rings is 1. The molecule has 3 aromatic rings. The molecule has 0 aliphatic rings. The molecule has 0 aliphatic carbocycles. The summed E-state index contributed by atoms with van der Waals surface area (Å²) in [7, 11) is 1.66. The van der Waals surface area contributed by atoms with Crippen LogP contribution < -0.4 is 10.5 Å². The van der Waals surface area contributed by atoms with E-state index in [4.69, 9.17) is 10.5 Å². The van der Waals surface area contributed by atoms with Crippen LogP contribution in [0.3, 0.4) is 0 Å². The number of H-pyrrole nitrogens is 1. The number of aromatic nitrogens is 2. The van der Waals surface area contributed by atoms with Crippen molar-refractivity contribution >= 4 is 16.7 Å². The molecule has 0 saturated carbocycles. The number of nitrogens with one attached hydrogen (secondary N) is 1. The lowest BCUT2D eigenvalue weighted by molar-refractivity contribution is 0.415. The SMILES string of the molecule is COc1ccc(-c2cc3c(N)ccnc3[nH]2)cc1. The Morgan fingerprint density at radius 1 is 1.17 bits per heavy atom. The van der Waals surface area contributed by atoms with E-state index in [0.29, 0.717) is 0 Å². The van der Waals surface area contributed by atoms with Crippen LogP contribution in [0.5, 0.6) is 5.75 Å². The number of ether oxygens (including phenoxy) is 1. The van der Waals surface area contributed by atoms with E-state index in [0.717, 1.165) is 33.7 Å². The first-order chi connectivity index (χ1) is 8.78. The lowest BCUT2D eigenvalue weighted by atomic mass is 10.1. The van der Waals surface area contributed by atoms with Crippen molar-refractivity contribution in [3.05, 3.63) is 42.6 Å². The summed E-state index contributed by atoms with van der Waals surface area (Å²) in [5.41, 5.74) is 9.53. The fraction of sp³-hybridized carbons (Fsp3) is 0.0714. The predicted octanol–water partition coefficient (Wildman–Crippen LogP) is 2.82. The summed E-state index contributed by atoms with van der Waals surface area (Å²) in [6.07, 6.45) is 1.70. The lowest BCUT2D eigenvalue weighted by Gasteiger charge is -2.00. The molecule has 4 heteroatoms. The number of hydrogen-bond acceptors (Lipinski definition) is 3. The predicted molar refractivity (Wildman–Crippen MR) is 72.5 cm³/mol. The number of methoxy groups -OCH3 is 1. The van der Waals surface area contributed by atoms with Crippen LogP contribution in [0, 0.1) is 0 Å². The van der Waals surface area contributed by atoms with Gasteiger partial charge >= 0.3 is 0 Å². The van der Waals surface area contributed by atoms with Gasteiger partial charge in [-0.05, 0) is 42.0 Å². The Morgan fingerprint density at radius 3 is 2.61 bits per heavy atom. The van der Waals surface area contributed by atoms with Crippen molar-refractivity contribution in [1.29, 1.82) is 0 Å². The molecule has 18 heavy (non-hydrogen) atoms. The molecular weight excluding hydrogens is 226 g/mol. The van der Waals surface area contributed by atoms with Crippen LogP contribution in [0.1, 0.15) is 0 Å². The number of rotatable bonds is 2. The number of aromatic amines is 1. The van der Waals surface area contributed by atoms with Gasteiger partial charge in [-0.1, -0.05) is 0 Å². The number of benzene rings is 1. The molecule has 0 amide bonds. The minimum absolute atomic E-state index is 0.732. The third-order valence-corrected chi connectivity index (χ3v) is 2.97. The van der Waals surface area contributed by atoms with Gasteiger partial charge in [0.15, 0.2) is 0 Å². The molecule has 1 aromatic carbocycles. The Morgan fingerprint density at radius 2 is 1.94 bits per heavy atom. The molecule has 0 saturated heterocycles. The Labute approximate surface area is 104 Å². The van der Waals surface area contributed by atoms with Crippen LogP contribution in [-0.2, 0) is 0 Å². The van der Waals surface area contributed by atoms with E-state index < -0.39 is 0 Å². The molecule has 0 spiro atoms. The van der Waals surface area contributed by atoms with Crippen LogP contribution >= 0.6 is 0 Å². The maximum atomic E-state index is 5.91. The number of nitrogens with two attached hydrogens (primary N) is 1. The van der Waals surface area contributed by atoms with E-state index in [9.17, 15) is 0 Å². The minimum Gasteiger partial charge on any atom is -0.497 e. The molecule has 0 bridgehead atoms. The second-order valence-electron chi connectivity index (χ2n) is 4.07. The van der Waals surface area contributed by atoms with Gasteiger partial charge in [-0.25, -0.2) is 4.98 Å². The van der Waals surface area contributed by atoms with Gasteiger partial charge in [-0.2, -0.15) is 0 Å². The molecule has 0 radical (unpaired) electrons. The van der Waals surface area contributed by atoms with E-state index >= 15 is 0 Å². The molecule has 3 N–H and O–H groups in total. The average molecular weight is 239 g/mol. The Bertz CT molecular complexity index is 686. The van der Waals surface area contributed by atoms with Crippen molar-refractivity contribution in [2.24, 2.45) is 0 Å². The summed E-state index contributed by atoms with van der Waals surface area (Å²) in [5, 5.41) is 0.948. The van der Waals surface area contributed by atoms with Crippen molar-refractivity contribution < 1.29 is 4.74 Å². The zero-order valence-electron chi connectivity index (χ0n) is 9.97. The lowest BCUT2D eigenvalue weighted by Crippen LogP contribution is -1.85. The fourth-order valence-corrected chi connectivity index (χ4v) is 1.97. The van der Waals surface area contributed by atoms with Gasteiger partial charge in [0.05, 0.1) is 7.11 Å². The summed E-state index contributed by atoms with van der Waals surface area (Å²) < 4.78 is 5.14. The summed E-state index contributed by atoms with van der Waals surface area (Å²) in [4.78, 5) is 7.52. The van der Waals surface area contributed by atoms with Crippen molar-refractivity contribution in [3.63, 3.8) is 0 Å². The third kappa shape index (κ3) is 1.68. The largest absolute Gasteiger partial charge is 0.497 e. The molecule has 2 heterocycles. The van der Waals surface area contributed by atoms with Gasteiger partial charge in [0.25, 0.3) is 0 Å². The Kier molecular flexibility index (Phi) is 2.41. The van der Waals surface area contributed by atoms with Gasteiger partial charge in [-0.3, -0.25) is 0 Å². The van der Waals surface area contributed by atoms with Gasteiger partial charge < -0.3 is 15.5 Å². The summed E-state index contributed by atoms with van der Waals surface area (Å²) in [6, 6.07) is 11.7. The molecule has 0 fully saturated rings. The average Bonchev–Trinajstić information content (AvgIpc) is 2.84. The third-order valence-electron chi connectivity index (χ3n) is 2.97. The number of nitrogen functional groups attached to an aromatic ring is 1. The minimum atomic E-state index is 0.732. The topological polar surface area (TPSA) is 63.9 Å². The van der Waals surface area contributed by atoms with Crippen molar-refractivity contribution in [3.8, 4) is 17.0 Å². The maximum absolute atomic E-state index is 5.91. The molecule has 90 valence electrons. The monoisotopic (exact) mass is 239 g/mol. The first-order valence-corrected chi connectivity index (χ1v) is 5.65. The molecule has 2 aromatic heterocycles. The van der Waals surface area contributed by atoms with E-state index in [1.165, 1.54) is 0 Å². The number of nitrogens with zero attached hydrogens (tertiary/aromatic N) is 1. The molecule has 0 aliphatic heterocycles. The van der Waals surface area contributed by atoms with Gasteiger partial charge in [-0.15, -0.1) is 0 Å². The van der Waals surface area contributed by atoms with E-state index in [2.05, 4.69) is 9.97 Å². The smallest absolute Gasteiger partial charge is 0.139 e. The quantitative estimate of drug-likeness (QED) is 0.722. The Balaban J connectivity index is 2.10. The van der Waals surface area contributed by atoms with Crippen molar-refractivity contribution in [2.75, 3.05) is 12.8 Å². The highest BCUT2D eigenvalue weighted by Crippen LogP contribution is 2.27. The van der Waals surface area contributed by atoms with Gasteiger partial charge in [0.2, 0.25) is 0 Å². The van der Waals surface area contributed by atoms with Gasteiger partial charge in [0, 0.05) is 23.0 Å². The fourth-order valence-electron chi connectivity index (χ4n) is 1.97. The second kappa shape index (κ2) is 4.07. The summed E-state index contributed by atoms with van der Waals surface area (Å²) in [6.45, 7) is 0. The highest BCUT2D eigenvalue weighted by atomic mass is 16.5. The standard InChI is InChI=1S/C14H13N3O/c1-18-10-4-2-9(3-5-10)13-8-11-12(15)6-7-16-14(11)17-13/h2-8H,1H3,(H3,15,16,17). The highest BCUT2D eigenvalue weighted by Gasteiger charge is 2.06. The molecule has 3 rings (SSSR count). The zero-order valence-corrected chi connectivity index (χ0v) is 9.97. The number of hydrogen-bond donors (Lipinski definition) is 2. The van der Waals surface area contributed by atoms with Crippen LogP contribution in [0.15, 0.2) is 42.6 Å². The van der Waals surface area contributed by atoms with E-state index in [-0.39, 0.29) is 0 Å². The number of anilines is 1. The summed E-state index contributed by atoms with van der Waals surface area (Å²) >= 11 is 0. The summed E-state index contributed by atoms with van der Waals surface area (Å²) in [5.74, 6) is 0.840. The maximum Gasteiger partial charge on any atom is 0.139 e. The van der Waals surface area contributed by atoms with Crippen LogP contribution in [-0.4, -0.2) is 17.1 Å². The Hall–Kier alpha value is -2.49. The molecule has 0 atom stereocenters. The van der Waals surface area contributed by atoms with E-state index in [1.54, 1.807) is 19.4 Å². The molecule has 0 unspecified atom stereocenters. The van der Waals surface area contributed by atoms with Crippen LogP contribution in [0.25, 0.3) is 22.3 Å². The van der Waals surface area contributed by atoms with Gasteiger partial charge in [0.1, 0.15) is 11.4 Å². The second-order valence-corrected chi connectivity index (χ2v) is 4.07. The van der Waals surface area contributed by atoms with Crippen molar-refractivity contribution in [1.82, 2.24) is 9.97 Å². The van der Waals surface area contributed by atoms with Crippen molar-refractivity contribution in [2.45, 2.75) is 0 Å².